The lowest BCUT2D eigenvalue weighted by Crippen LogP contribution is -2.68. The molecule has 0 aromatic carbocycles. The van der Waals surface area contributed by atoms with E-state index in [1.165, 1.54) is 12.5 Å². The summed E-state index contributed by atoms with van der Waals surface area (Å²) in [5, 5.41) is 96.4. The van der Waals surface area contributed by atoms with E-state index in [0.29, 0.717) is 12.3 Å². The molecular weight excluding hydrogens is 881 g/mol. The molecule has 0 aromatic heterocycles. The maximum absolute atomic E-state index is 13.2. The number of carboxylic acids is 2. The number of hydrogen-bond acceptors (Lipinski definition) is 17. The molecule has 19 nitrogen and oxygen atoms in total. The average Bonchev–Trinajstić information content (AvgIpc) is 3.52. The Balaban J connectivity index is 0.985. The quantitative estimate of drug-likeness (QED) is 0.0943. The highest BCUT2D eigenvalue weighted by molar-refractivity contribution is 5.79. The second-order valence-electron chi connectivity index (χ2n) is 23.6. The minimum Gasteiger partial charge on any atom is -0.479 e. The fourth-order valence-electron chi connectivity index (χ4n) is 15.5. The van der Waals surface area contributed by atoms with E-state index < -0.39 is 121 Å². The van der Waals surface area contributed by atoms with E-state index in [1.807, 2.05) is 0 Å². The third-order valence-electron chi connectivity index (χ3n) is 19.8. The molecule has 8 fully saturated rings. The molecule has 67 heavy (non-hydrogen) atoms. The summed E-state index contributed by atoms with van der Waals surface area (Å²) >= 11 is 0. The van der Waals surface area contributed by atoms with Crippen LogP contribution in [0.15, 0.2) is 11.6 Å². The maximum atomic E-state index is 13.2. The topological polar surface area (TPSA) is 298 Å². The molecule has 9 rings (SSSR count). The van der Waals surface area contributed by atoms with Gasteiger partial charge in [-0.15, -0.1) is 0 Å². The number of aliphatic hydroxyl groups excluding tert-OH is 7. The normalized spacial score (nSPS) is 55.7. The smallest absolute Gasteiger partial charge is 0.335 e. The van der Waals surface area contributed by atoms with Crippen LogP contribution < -0.4 is 0 Å². The zero-order chi connectivity index (χ0) is 48.9. The van der Waals surface area contributed by atoms with Crippen molar-refractivity contribution in [1.29, 1.82) is 0 Å². The molecule has 0 aromatic rings. The van der Waals surface area contributed by atoms with Crippen molar-refractivity contribution < 1.29 is 93.5 Å². The average molecular weight is 953 g/mol. The maximum Gasteiger partial charge on any atom is 0.335 e. The van der Waals surface area contributed by atoms with E-state index in [1.54, 1.807) is 0 Å². The fraction of sp³-hybridized carbons (Fsp3) is 0.896. The first-order valence-corrected chi connectivity index (χ1v) is 24.2. The van der Waals surface area contributed by atoms with Gasteiger partial charge in [0.2, 0.25) is 0 Å². The van der Waals surface area contributed by atoms with Crippen LogP contribution in [0.25, 0.3) is 0 Å². The Morgan fingerprint density at radius 3 is 1.81 bits per heavy atom. The first kappa shape index (κ1) is 49.6. The number of esters is 1. The summed E-state index contributed by atoms with van der Waals surface area (Å²) in [4.78, 5) is 37.9. The second kappa shape index (κ2) is 16.6. The molecule has 0 radical (unpaired) electrons. The van der Waals surface area contributed by atoms with Gasteiger partial charge in [-0.1, -0.05) is 53.2 Å². The minimum absolute atomic E-state index is 0.0602. The van der Waals surface area contributed by atoms with Crippen molar-refractivity contribution >= 4 is 17.9 Å². The summed E-state index contributed by atoms with van der Waals surface area (Å²) in [5.41, 5.74) is -0.0229. The molecule has 19 heteroatoms. The van der Waals surface area contributed by atoms with Gasteiger partial charge >= 0.3 is 17.9 Å². The van der Waals surface area contributed by atoms with Crippen LogP contribution in [0.3, 0.4) is 0 Å². The summed E-state index contributed by atoms with van der Waals surface area (Å²) < 4.78 is 41.9. The van der Waals surface area contributed by atoms with Crippen LogP contribution in [0.2, 0.25) is 0 Å². The Kier molecular flexibility index (Phi) is 12.3. The number of rotatable bonds is 8. The van der Waals surface area contributed by atoms with Crippen LogP contribution in [0.1, 0.15) is 113 Å². The van der Waals surface area contributed by atoms with E-state index >= 15 is 0 Å². The van der Waals surface area contributed by atoms with Crippen LogP contribution in [0.4, 0.5) is 0 Å². The van der Waals surface area contributed by atoms with Crippen LogP contribution in [-0.4, -0.2) is 168 Å². The SMILES string of the molecule is CC1OC(OC2C(OC3C(OC4CCC5(C)C(CCC6(C)C5CC=C5C7CC8(C)CC(OC8=O)C7(C)CCC56C)C4(C)C)OC(C(=O)O)C(O)C3O)OC(C(=O)O)C(O)C2O)C(O)C(O)C1O. The van der Waals surface area contributed by atoms with Crippen molar-refractivity contribution in [2.24, 2.45) is 50.2 Å². The number of aliphatic carboxylic acids is 2. The molecule has 4 saturated carbocycles. The molecule has 4 heterocycles. The Hall–Kier alpha value is -2.37. The van der Waals surface area contributed by atoms with Crippen molar-refractivity contribution in [3.63, 3.8) is 0 Å². The van der Waals surface area contributed by atoms with Gasteiger partial charge in [0, 0.05) is 11.8 Å². The van der Waals surface area contributed by atoms with E-state index in [4.69, 9.17) is 33.2 Å². The van der Waals surface area contributed by atoms with Crippen molar-refractivity contribution in [2.75, 3.05) is 0 Å². The summed E-state index contributed by atoms with van der Waals surface area (Å²) in [6.07, 6.45) is -18.9. The first-order valence-electron chi connectivity index (χ1n) is 24.2. The largest absolute Gasteiger partial charge is 0.479 e. The lowest BCUT2D eigenvalue weighted by atomic mass is 9.33. The highest BCUT2D eigenvalue weighted by Gasteiger charge is 2.71. The van der Waals surface area contributed by atoms with Gasteiger partial charge in [0.25, 0.3) is 0 Å². The number of ether oxygens (including phenoxy) is 7. The zero-order valence-electron chi connectivity index (χ0n) is 39.6. The van der Waals surface area contributed by atoms with Gasteiger partial charge in [-0.2, -0.15) is 0 Å². The van der Waals surface area contributed by atoms with Crippen molar-refractivity contribution in [3.05, 3.63) is 11.6 Å². The lowest BCUT2D eigenvalue weighted by molar-refractivity contribution is -0.392. The summed E-state index contributed by atoms with van der Waals surface area (Å²) in [7, 11) is 0. The molecule has 9 N–H and O–H groups in total. The predicted octanol–water partition coefficient (Wildman–Crippen LogP) is 1.37. The van der Waals surface area contributed by atoms with Gasteiger partial charge in [-0.3, -0.25) is 4.79 Å². The van der Waals surface area contributed by atoms with E-state index in [-0.39, 0.29) is 45.6 Å². The number of carboxylic acid groups (broad SMARTS) is 2. The molecule has 5 aliphatic carbocycles. The second-order valence-corrected chi connectivity index (χ2v) is 23.6. The fourth-order valence-corrected chi connectivity index (χ4v) is 15.5. The van der Waals surface area contributed by atoms with E-state index in [2.05, 4.69) is 54.5 Å². The molecule has 25 atom stereocenters. The Morgan fingerprint density at radius 1 is 0.627 bits per heavy atom. The molecule has 9 aliphatic rings. The number of fused-ring (bicyclic) bond motifs is 10. The molecule has 0 spiro atoms. The third kappa shape index (κ3) is 7.25. The molecule has 4 aliphatic heterocycles. The standard InChI is InChI=1S/C48H72O19/c1-19-26(49)27(50)32(55)39(61-19)66-36-31(54)29(52)34(38(58)59)65-41(36)67-35-30(53)28(51)33(37(56)57)64-40(35)62-24-12-13-46(6)22(43(24,2)3)11-14-48(8)23(46)10-9-20-21-17-44(4)18-25(63-42(44)60)45(21,5)15-16-47(20,48)7/h9,19,21-36,39-41,49-55H,10-18H2,1-8H3,(H,56,57)(H,58,59). The van der Waals surface area contributed by atoms with Crippen molar-refractivity contribution in [1.82, 2.24) is 0 Å². The summed E-state index contributed by atoms with van der Waals surface area (Å²) in [6, 6.07) is 0. The Labute approximate surface area is 390 Å². The number of carbonyl (C=O) groups is 3. The first-order chi connectivity index (χ1) is 31.1. The molecule has 378 valence electrons. The van der Waals surface area contributed by atoms with Crippen LogP contribution in [-0.2, 0) is 47.5 Å². The third-order valence-corrected chi connectivity index (χ3v) is 19.8. The molecule has 4 saturated heterocycles. The van der Waals surface area contributed by atoms with Gasteiger partial charge in [0.1, 0.15) is 61.0 Å². The zero-order valence-corrected chi connectivity index (χ0v) is 39.6. The Bertz CT molecular complexity index is 2000. The highest BCUT2D eigenvalue weighted by Crippen LogP contribution is 2.76. The van der Waals surface area contributed by atoms with Gasteiger partial charge in [-0.05, 0) is 105 Å². The van der Waals surface area contributed by atoms with E-state index in [0.717, 1.165) is 51.4 Å². The number of allylic oxidation sites excluding steroid dienone is 2. The summed E-state index contributed by atoms with van der Waals surface area (Å²) in [6.45, 7) is 17.3. The summed E-state index contributed by atoms with van der Waals surface area (Å²) in [5.74, 6) is -2.74. The van der Waals surface area contributed by atoms with Gasteiger partial charge in [0.15, 0.2) is 31.1 Å². The minimum atomic E-state index is -2.13. The monoisotopic (exact) mass is 952 g/mol. The number of aliphatic hydroxyl groups is 7. The molecule has 2 bridgehead atoms. The van der Waals surface area contributed by atoms with Gasteiger partial charge in [0.05, 0.1) is 17.6 Å². The van der Waals surface area contributed by atoms with Crippen LogP contribution in [0.5, 0.6) is 0 Å². The van der Waals surface area contributed by atoms with Gasteiger partial charge < -0.3 is 79.1 Å². The van der Waals surface area contributed by atoms with E-state index in [9.17, 15) is 60.3 Å². The molecule has 25 unspecified atom stereocenters. The molecular formula is C48H72O19. The van der Waals surface area contributed by atoms with Crippen LogP contribution >= 0.6 is 0 Å². The lowest BCUT2D eigenvalue weighted by Gasteiger charge is -2.71. The van der Waals surface area contributed by atoms with Crippen molar-refractivity contribution in [2.45, 2.75) is 218 Å². The van der Waals surface area contributed by atoms with Gasteiger partial charge in [-0.25, -0.2) is 9.59 Å². The highest BCUT2D eigenvalue weighted by atomic mass is 16.8. The number of carbonyl (C=O) groups excluding carboxylic acids is 1. The predicted molar refractivity (Wildman–Crippen MR) is 228 cm³/mol. The number of hydrogen-bond donors (Lipinski definition) is 9. The molecule has 0 amide bonds. The van der Waals surface area contributed by atoms with Crippen LogP contribution in [0, 0.1) is 50.2 Å². The van der Waals surface area contributed by atoms with Crippen molar-refractivity contribution in [3.8, 4) is 0 Å². The Morgan fingerprint density at radius 2 is 1.21 bits per heavy atom.